The predicted octanol–water partition coefficient (Wildman–Crippen LogP) is 20.9. The lowest BCUT2D eigenvalue weighted by atomic mass is 9.90. The minimum atomic E-state index is -2.56. The highest BCUT2D eigenvalue weighted by Crippen LogP contribution is 2.50. The summed E-state index contributed by atoms with van der Waals surface area (Å²) >= 11 is 3.08. The molecule has 0 radical (unpaired) electrons. The van der Waals surface area contributed by atoms with Gasteiger partial charge in [0, 0.05) is 31.0 Å². The largest absolute Gasteiger partial charge is 0.493 e. The highest BCUT2D eigenvalue weighted by Gasteiger charge is 2.42. The van der Waals surface area contributed by atoms with Crippen LogP contribution in [0.4, 0.5) is 18.9 Å². The van der Waals surface area contributed by atoms with Gasteiger partial charge in [-0.15, -0.1) is 22.7 Å². The molecule has 3 heterocycles. The van der Waals surface area contributed by atoms with E-state index >= 15 is 0 Å². The summed E-state index contributed by atoms with van der Waals surface area (Å²) in [5, 5.41) is 20.2. The van der Waals surface area contributed by atoms with Gasteiger partial charge in [0.2, 0.25) is 5.70 Å². The molecular weight excluding hydrogens is 1200 g/mol. The second-order valence-electron chi connectivity index (χ2n) is 23.6. The predicted molar refractivity (Wildman–Crippen MR) is 362 cm³/mol. The third-order valence-electron chi connectivity index (χ3n) is 15.6. The molecule has 13 nitrogen and oxygen atoms in total. The first-order valence-electron chi connectivity index (χ1n) is 31.8. The first-order valence-corrected chi connectivity index (χ1v) is 36.3. The maximum atomic E-state index is 13.3. The molecule has 0 spiro atoms. The van der Waals surface area contributed by atoms with Gasteiger partial charge >= 0.3 is 12.1 Å². The number of benzene rings is 2. The summed E-state index contributed by atoms with van der Waals surface area (Å²) in [6, 6.07) is 16.3. The van der Waals surface area contributed by atoms with E-state index in [1.54, 1.807) is 24.3 Å². The molecule has 5 rings (SSSR count). The van der Waals surface area contributed by atoms with Gasteiger partial charge in [0.05, 0.1) is 59.1 Å². The SMILES string of the molecule is [C-]#[N+]C1=C(C=Cc2sc(C=Cc3sc(C=Cc4ccc(N(CC)CCCCCCO[Si](C)(C)C(C)(C)C)cc4)c(OCCCC)c3OCCCC)c(OCCCC)c2OCCCC)C(C)(CCCOOCc2ccc(OC(F)=C(F)F)cc2)OC1=C(C#N)C#N. The third kappa shape index (κ3) is 22.3. The number of halogens is 3. The van der Waals surface area contributed by atoms with E-state index in [9.17, 15) is 23.7 Å². The van der Waals surface area contributed by atoms with Crippen LogP contribution in [0.2, 0.25) is 18.1 Å². The van der Waals surface area contributed by atoms with Crippen molar-refractivity contribution >= 4 is 67.1 Å². The summed E-state index contributed by atoms with van der Waals surface area (Å²) in [6.45, 7) is 37.2. The van der Waals surface area contributed by atoms with Gasteiger partial charge in [-0.25, -0.2) is 14.6 Å². The van der Waals surface area contributed by atoms with E-state index in [1.165, 1.54) is 54.1 Å². The molecule has 0 bridgehead atoms. The van der Waals surface area contributed by atoms with Crippen molar-refractivity contribution in [2.45, 2.75) is 183 Å². The van der Waals surface area contributed by atoms with E-state index in [0.717, 1.165) is 115 Å². The van der Waals surface area contributed by atoms with Gasteiger partial charge < -0.3 is 37.7 Å². The fraction of sp³-hybridized carbons (Fsp3) is 0.507. The first kappa shape index (κ1) is 74.0. The topological polar surface area (TPSA) is 138 Å². The van der Waals surface area contributed by atoms with E-state index in [0.29, 0.717) is 61.2 Å². The van der Waals surface area contributed by atoms with E-state index in [4.69, 9.17) is 44.5 Å². The Labute approximate surface area is 542 Å². The summed E-state index contributed by atoms with van der Waals surface area (Å²) in [5.41, 5.74) is 1.87. The Kier molecular flexibility index (Phi) is 31.4. The summed E-state index contributed by atoms with van der Waals surface area (Å²) < 4.78 is 82.2. The third-order valence-corrected chi connectivity index (χ3v) is 22.3. The minimum Gasteiger partial charge on any atom is -0.493 e. The second-order valence-corrected chi connectivity index (χ2v) is 30.6. The first-order chi connectivity index (χ1) is 43.3. The molecule has 1 atom stereocenters. The van der Waals surface area contributed by atoms with Gasteiger partial charge in [0.1, 0.15) is 30.1 Å². The monoisotopic (exact) mass is 1290 g/mol. The summed E-state index contributed by atoms with van der Waals surface area (Å²) in [4.78, 5) is 20.6. The number of nitriles is 2. The van der Waals surface area contributed by atoms with Gasteiger partial charge in [-0.2, -0.15) is 23.7 Å². The molecule has 0 aliphatic carbocycles. The van der Waals surface area contributed by atoms with Crippen molar-refractivity contribution in [3.8, 4) is 40.9 Å². The molecule has 0 N–H and O–H groups in total. The molecule has 1 aliphatic rings. The molecule has 0 saturated carbocycles. The van der Waals surface area contributed by atoms with Crippen molar-refractivity contribution < 1.29 is 55.8 Å². The number of hydrogen-bond donors (Lipinski definition) is 0. The number of anilines is 1. The van der Waals surface area contributed by atoms with Crippen LogP contribution in [-0.4, -0.2) is 66.6 Å². The number of nitrogens with zero attached hydrogens (tertiary/aromatic N) is 4. The van der Waals surface area contributed by atoms with Gasteiger partial charge in [-0.3, -0.25) is 0 Å². The van der Waals surface area contributed by atoms with Crippen LogP contribution >= 0.6 is 22.7 Å². The summed E-state index contributed by atoms with van der Waals surface area (Å²) in [7, 11) is -1.72. The van der Waals surface area contributed by atoms with Gasteiger partial charge in [0.25, 0.3) is 0 Å². The number of thiophene rings is 2. The van der Waals surface area contributed by atoms with E-state index in [1.807, 2.05) is 24.3 Å². The summed E-state index contributed by atoms with van der Waals surface area (Å²) in [6.07, 6.45) is 21.9. The van der Waals surface area contributed by atoms with Crippen LogP contribution in [0.1, 0.15) is 183 Å². The standard InChI is InChI=1S/C71H93F3N4O9S2Si/c1-13-18-43-79-64-58(37-31-52-27-32-55(33-28-52)78(17-5)42-24-22-23-25-48-85-90(11,12)70(6,7)8)88-60(66(64)81-45-20-15-3)39-40-61-67(82-46-21-16-4)65(80-44-19-14-2)59(89-61)38-36-57-62(77-10)63(54(49-75)50-76)87-71(57,9)41-26-47-83-84-51-53-29-34-56(35-30-53)86-69(74)68(72)73/h27-40H,13-26,41-48,51H2,1-9,11-12H3. The fourth-order valence-corrected chi connectivity index (χ4v) is 12.2. The molecule has 0 fully saturated rings. The lowest BCUT2D eigenvalue weighted by Crippen LogP contribution is -2.40. The molecule has 2 aromatic carbocycles. The molecule has 1 aliphatic heterocycles. The lowest BCUT2D eigenvalue weighted by Gasteiger charge is -2.36. The maximum Gasteiger partial charge on any atom is 0.344 e. The Hall–Kier alpha value is -6.76. The zero-order valence-electron chi connectivity index (χ0n) is 54.8. The van der Waals surface area contributed by atoms with Crippen LogP contribution in [0.5, 0.6) is 28.7 Å². The van der Waals surface area contributed by atoms with Crippen molar-refractivity contribution in [3.05, 3.63) is 131 Å². The van der Waals surface area contributed by atoms with E-state index in [2.05, 4.69) is 125 Å². The van der Waals surface area contributed by atoms with Crippen molar-refractivity contribution in [2.75, 3.05) is 57.6 Å². The number of ether oxygens (including phenoxy) is 6. The van der Waals surface area contributed by atoms with E-state index < -0.39 is 26.0 Å². The molecule has 2 aromatic heterocycles. The van der Waals surface area contributed by atoms with Crippen molar-refractivity contribution in [2.24, 2.45) is 0 Å². The zero-order valence-corrected chi connectivity index (χ0v) is 57.4. The number of allylic oxidation sites excluding steroid dienone is 1. The molecule has 0 amide bonds. The van der Waals surface area contributed by atoms with Crippen molar-refractivity contribution in [3.63, 3.8) is 0 Å². The maximum absolute atomic E-state index is 13.3. The minimum absolute atomic E-state index is 0.0101. The quantitative estimate of drug-likeness (QED) is 0.00795. The smallest absolute Gasteiger partial charge is 0.344 e. The van der Waals surface area contributed by atoms with Crippen LogP contribution in [0.3, 0.4) is 0 Å². The van der Waals surface area contributed by atoms with E-state index in [-0.39, 0.29) is 47.5 Å². The number of unbranched alkanes of at least 4 members (excludes halogenated alkanes) is 7. The Morgan fingerprint density at radius 1 is 0.644 bits per heavy atom. The average Bonchev–Trinajstić information content (AvgIpc) is 1.66. The molecular formula is C71H93F3N4O9S2Si. The molecule has 1 unspecified atom stereocenters. The normalized spacial score (nSPS) is 14.3. The van der Waals surface area contributed by atoms with Crippen molar-refractivity contribution in [1.82, 2.24) is 0 Å². The van der Waals surface area contributed by atoms with Crippen LogP contribution in [0.25, 0.3) is 35.2 Å². The average molecular weight is 1300 g/mol. The number of hydrogen-bond acceptors (Lipinski definition) is 14. The molecule has 19 heteroatoms. The highest BCUT2D eigenvalue weighted by atomic mass is 32.1. The molecule has 488 valence electrons. The summed E-state index contributed by atoms with van der Waals surface area (Å²) in [5.74, 6) is 2.36. The van der Waals surface area contributed by atoms with Crippen LogP contribution in [0.15, 0.2) is 89.3 Å². The van der Waals surface area contributed by atoms with Crippen LogP contribution < -0.4 is 28.6 Å². The highest BCUT2D eigenvalue weighted by molar-refractivity contribution is 7.15. The van der Waals surface area contributed by atoms with Crippen LogP contribution in [0, 0.1) is 29.2 Å². The Morgan fingerprint density at radius 2 is 1.14 bits per heavy atom. The molecule has 4 aromatic rings. The molecule has 0 saturated heterocycles. The van der Waals surface area contributed by atoms with Gasteiger partial charge in [-0.1, -0.05) is 123 Å². The number of rotatable bonds is 41. The van der Waals surface area contributed by atoms with Crippen molar-refractivity contribution in [1.29, 1.82) is 10.5 Å². The van der Waals surface area contributed by atoms with Gasteiger partial charge in [0.15, 0.2) is 42.6 Å². The lowest BCUT2D eigenvalue weighted by molar-refractivity contribution is -0.304. The molecule has 90 heavy (non-hydrogen) atoms. The Bertz CT molecular complexity index is 3190. The second kappa shape index (κ2) is 38.2. The zero-order chi connectivity index (χ0) is 65.5. The fourth-order valence-electron chi connectivity index (χ4n) is 9.16. The Morgan fingerprint density at radius 3 is 1.61 bits per heavy atom. The Balaban J connectivity index is 1.45. The van der Waals surface area contributed by atoms with Gasteiger partial charge in [-0.05, 0) is 143 Å². The van der Waals surface area contributed by atoms with Crippen LogP contribution in [-0.2, 0) is 25.5 Å².